The van der Waals surface area contributed by atoms with E-state index in [0.29, 0.717) is 0 Å². The molecular weight excluding hydrogens is 324 g/mol. The molecule has 1 amide bonds. The molecule has 5 nitrogen and oxygen atoms in total. The number of nitrogens with zero attached hydrogens (tertiary/aromatic N) is 4. The Morgan fingerprint density at radius 2 is 2.12 bits per heavy atom. The lowest BCUT2D eigenvalue weighted by Gasteiger charge is -2.40. The summed E-state index contributed by atoms with van der Waals surface area (Å²) in [5.41, 5.74) is 4.28. The van der Waals surface area contributed by atoms with Crippen LogP contribution in [-0.4, -0.2) is 48.0 Å². The number of piperidine rings is 1. The lowest BCUT2D eigenvalue weighted by atomic mass is 9.77. The van der Waals surface area contributed by atoms with Crippen LogP contribution in [0.2, 0.25) is 0 Å². The highest BCUT2D eigenvalue weighted by atomic mass is 16.2. The van der Waals surface area contributed by atoms with Crippen LogP contribution in [0.25, 0.3) is 0 Å². The third-order valence-corrected chi connectivity index (χ3v) is 5.83. The van der Waals surface area contributed by atoms with Crippen molar-refractivity contribution in [3.8, 4) is 0 Å². The summed E-state index contributed by atoms with van der Waals surface area (Å²) in [6, 6.07) is 7.90. The smallest absolute Gasteiger partial charge is 0.253 e. The van der Waals surface area contributed by atoms with Gasteiger partial charge in [0.2, 0.25) is 0 Å². The number of rotatable bonds is 2. The normalized spacial score (nSPS) is 21.7. The number of carbonyl (C=O) groups is 1. The molecule has 26 heavy (non-hydrogen) atoms. The zero-order valence-corrected chi connectivity index (χ0v) is 15.8. The van der Waals surface area contributed by atoms with Gasteiger partial charge in [-0.1, -0.05) is 6.07 Å². The molecule has 1 aliphatic carbocycles. The topological polar surface area (TPSA) is 49.3 Å². The zero-order valence-electron chi connectivity index (χ0n) is 15.8. The molecule has 5 heteroatoms. The number of aryl methyl sites for hydroxylation is 2. The van der Waals surface area contributed by atoms with Crippen LogP contribution in [0.4, 0.5) is 5.69 Å². The first-order chi connectivity index (χ1) is 12.5. The summed E-state index contributed by atoms with van der Waals surface area (Å²) in [7, 11) is 3.99. The first-order valence-corrected chi connectivity index (χ1v) is 9.38. The monoisotopic (exact) mass is 350 g/mol. The average Bonchev–Trinajstić information content (AvgIpc) is 2.98. The van der Waals surface area contributed by atoms with E-state index >= 15 is 0 Å². The molecule has 4 rings (SSSR count). The molecule has 0 radical (unpaired) electrons. The van der Waals surface area contributed by atoms with Crippen molar-refractivity contribution in [1.29, 1.82) is 0 Å². The Balaban J connectivity index is 1.61. The van der Waals surface area contributed by atoms with E-state index in [1.807, 2.05) is 61.3 Å². The molecule has 1 atom stereocenters. The van der Waals surface area contributed by atoms with Crippen LogP contribution in [0.3, 0.4) is 0 Å². The van der Waals surface area contributed by atoms with Crippen LogP contribution in [0.5, 0.6) is 0 Å². The number of aromatic nitrogens is 2. The summed E-state index contributed by atoms with van der Waals surface area (Å²) in [5.74, 6) is 0.958. The second-order valence-corrected chi connectivity index (χ2v) is 7.85. The molecule has 0 bridgehead atoms. The van der Waals surface area contributed by atoms with Crippen LogP contribution < -0.4 is 4.90 Å². The molecule has 1 aliphatic heterocycles. The molecule has 1 saturated heterocycles. The second kappa shape index (κ2) is 6.38. The van der Waals surface area contributed by atoms with Crippen molar-refractivity contribution >= 4 is 11.6 Å². The Labute approximate surface area is 155 Å². The van der Waals surface area contributed by atoms with E-state index < -0.39 is 0 Å². The second-order valence-electron chi connectivity index (χ2n) is 7.85. The minimum absolute atomic E-state index is 0.0100. The van der Waals surface area contributed by atoms with E-state index in [1.165, 1.54) is 11.3 Å². The number of amides is 1. The summed E-state index contributed by atoms with van der Waals surface area (Å²) in [6.07, 6.45) is 6.21. The van der Waals surface area contributed by atoms with Crippen molar-refractivity contribution in [2.75, 3.05) is 32.1 Å². The van der Waals surface area contributed by atoms with Gasteiger partial charge in [-0.05, 0) is 56.4 Å². The van der Waals surface area contributed by atoms with Crippen molar-refractivity contribution in [3.05, 3.63) is 53.1 Å². The van der Waals surface area contributed by atoms with Crippen LogP contribution in [0.1, 0.15) is 46.7 Å². The highest BCUT2D eigenvalue weighted by molar-refractivity contribution is 5.95. The highest BCUT2D eigenvalue weighted by Gasteiger charge is 2.44. The molecule has 0 saturated carbocycles. The maximum Gasteiger partial charge on any atom is 0.253 e. The molecule has 1 aromatic carbocycles. The van der Waals surface area contributed by atoms with Crippen molar-refractivity contribution in [2.24, 2.45) is 0 Å². The number of carbonyl (C=O) groups excluding carboxylic acids is 1. The number of anilines is 1. The molecule has 1 unspecified atom stereocenters. The van der Waals surface area contributed by atoms with Crippen molar-refractivity contribution in [3.63, 3.8) is 0 Å². The lowest BCUT2D eigenvalue weighted by Crippen LogP contribution is -2.48. The molecular formula is C21H26N4O. The Hall–Kier alpha value is -2.43. The minimum atomic E-state index is 0.0100. The number of fused-ring (bicyclic) bond motifs is 2. The molecule has 2 aromatic rings. The van der Waals surface area contributed by atoms with Gasteiger partial charge >= 0.3 is 0 Å². The minimum Gasteiger partial charge on any atom is -0.378 e. The summed E-state index contributed by atoms with van der Waals surface area (Å²) in [4.78, 5) is 26.4. The van der Waals surface area contributed by atoms with Crippen LogP contribution in [0.15, 0.2) is 30.5 Å². The summed E-state index contributed by atoms with van der Waals surface area (Å²) in [5, 5.41) is 0. The third-order valence-electron chi connectivity index (χ3n) is 5.83. The van der Waals surface area contributed by atoms with Crippen molar-refractivity contribution in [1.82, 2.24) is 14.9 Å². The molecule has 2 aliphatic rings. The zero-order chi connectivity index (χ0) is 18.3. The van der Waals surface area contributed by atoms with E-state index in [9.17, 15) is 4.79 Å². The molecule has 0 N–H and O–H groups in total. The van der Waals surface area contributed by atoms with E-state index in [2.05, 4.69) is 4.98 Å². The number of hydrogen-bond donors (Lipinski definition) is 0. The van der Waals surface area contributed by atoms with Crippen molar-refractivity contribution < 1.29 is 4.79 Å². The Bertz CT molecular complexity index is 844. The summed E-state index contributed by atoms with van der Waals surface area (Å²) in [6.45, 7) is 3.54. The summed E-state index contributed by atoms with van der Waals surface area (Å²) < 4.78 is 0. The quantitative estimate of drug-likeness (QED) is 0.835. The fraction of sp³-hybridized carbons (Fsp3) is 0.476. The Morgan fingerprint density at radius 3 is 2.92 bits per heavy atom. The van der Waals surface area contributed by atoms with Gasteiger partial charge in [0.1, 0.15) is 5.82 Å². The fourth-order valence-corrected chi connectivity index (χ4v) is 4.43. The first kappa shape index (κ1) is 17.0. The first-order valence-electron chi connectivity index (χ1n) is 9.38. The van der Waals surface area contributed by atoms with Gasteiger partial charge in [-0.3, -0.25) is 4.79 Å². The maximum atomic E-state index is 13.2. The van der Waals surface area contributed by atoms with Gasteiger partial charge in [0.25, 0.3) is 5.91 Å². The van der Waals surface area contributed by atoms with Crippen molar-refractivity contribution in [2.45, 2.75) is 38.0 Å². The third kappa shape index (κ3) is 2.85. The predicted octanol–water partition coefficient (Wildman–Crippen LogP) is 2.97. The van der Waals surface area contributed by atoms with E-state index in [4.69, 9.17) is 4.98 Å². The van der Waals surface area contributed by atoms with Crippen LogP contribution >= 0.6 is 0 Å². The van der Waals surface area contributed by atoms with Gasteiger partial charge in [0, 0.05) is 50.0 Å². The predicted molar refractivity (Wildman–Crippen MR) is 103 cm³/mol. The SMILES string of the molecule is Cc1ncc2c(n1)C1(CCCN(C(=O)c3cccc(N(C)C)c3)C1)CC2. The fourth-order valence-electron chi connectivity index (χ4n) is 4.43. The van der Waals surface area contributed by atoms with Crippen LogP contribution in [-0.2, 0) is 11.8 Å². The van der Waals surface area contributed by atoms with Gasteiger partial charge in [0.05, 0.1) is 5.69 Å². The lowest BCUT2D eigenvalue weighted by molar-refractivity contribution is 0.0633. The van der Waals surface area contributed by atoms with Crippen LogP contribution in [0, 0.1) is 6.92 Å². The largest absolute Gasteiger partial charge is 0.378 e. The van der Waals surface area contributed by atoms with E-state index in [-0.39, 0.29) is 11.3 Å². The molecule has 2 heterocycles. The Kier molecular flexibility index (Phi) is 4.17. The molecule has 1 aromatic heterocycles. The van der Waals surface area contributed by atoms with E-state index in [1.54, 1.807) is 0 Å². The highest BCUT2D eigenvalue weighted by Crippen LogP contribution is 2.44. The number of likely N-dealkylation sites (tertiary alicyclic amines) is 1. The standard InChI is InChI=1S/C21H26N4O/c1-15-22-13-17-8-10-21(19(17)23-15)9-5-11-25(14-21)20(26)16-6-4-7-18(12-16)24(2)3/h4,6-7,12-13H,5,8-11,14H2,1-3H3. The van der Waals surface area contributed by atoms with Gasteiger partial charge in [-0.25, -0.2) is 9.97 Å². The van der Waals surface area contributed by atoms with Gasteiger partial charge in [-0.15, -0.1) is 0 Å². The summed E-state index contributed by atoms with van der Waals surface area (Å²) >= 11 is 0. The average molecular weight is 350 g/mol. The molecule has 136 valence electrons. The maximum absolute atomic E-state index is 13.2. The van der Waals surface area contributed by atoms with Gasteiger partial charge < -0.3 is 9.80 Å². The van der Waals surface area contributed by atoms with E-state index in [0.717, 1.165) is 55.8 Å². The van der Waals surface area contributed by atoms with Gasteiger partial charge in [-0.2, -0.15) is 0 Å². The molecule has 1 spiro atoms. The number of hydrogen-bond acceptors (Lipinski definition) is 4. The Morgan fingerprint density at radius 1 is 1.27 bits per heavy atom. The van der Waals surface area contributed by atoms with Gasteiger partial charge in [0.15, 0.2) is 0 Å². The number of benzene rings is 1. The molecule has 1 fully saturated rings.